The van der Waals surface area contributed by atoms with Crippen LogP contribution in [0.3, 0.4) is 0 Å². The minimum absolute atomic E-state index is 0.150. The highest BCUT2D eigenvalue weighted by Gasteiger charge is 2.31. The Labute approximate surface area is 157 Å². The smallest absolute Gasteiger partial charge is 0.339 e. The highest BCUT2D eigenvalue weighted by Crippen LogP contribution is 2.28. The average Bonchev–Trinajstić information content (AvgIpc) is 2.57. The van der Waals surface area contributed by atoms with Crippen LogP contribution in [-0.4, -0.2) is 31.9 Å². The van der Waals surface area contributed by atoms with Crippen molar-refractivity contribution >= 4 is 21.6 Å². The van der Waals surface area contributed by atoms with Gasteiger partial charge in [0.25, 0.3) is 0 Å². The van der Waals surface area contributed by atoms with E-state index in [0.717, 1.165) is 0 Å². The van der Waals surface area contributed by atoms with Gasteiger partial charge in [-0.1, -0.05) is 17.7 Å². The summed E-state index contributed by atoms with van der Waals surface area (Å²) in [5, 5.41) is 0.433. The Morgan fingerprint density at radius 3 is 2.54 bits per heavy atom. The maximum atomic E-state index is 12.9. The van der Waals surface area contributed by atoms with Gasteiger partial charge < -0.3 is 9.15 Å². The van der Waals surface area contributed by atoms with Crippen molar-refractivity contribution in [3.05, 3.63) is 57.1 Å². The molecule has 26 heavy (non-hydrogen) atoms. The SMILES string of the molecule is Cc1cc(OC2CCN(S(=O)(=O)c3cccc(Cl)c3C)CC2)cc(=O)o1. The van der Waals surface area contributed by atoms with Crippen molar-refractivity contribution in [1.29, 1.82) is 0 Å². The molecule has 0 aliphatic carbocycles. The van der Waals surface area contributed by atoms with Crippen LogP contribution >= 0.6 is 11.6 Å². The standard InChI is InChI=1S/C18H20ClNO5S/c1-12-10-15(11-18(21)24-12)25-14-6-8-20(9-7-14)26(22,23)17-5-3-4-16(19)13(17)2/h3-5,10-11,14H,6-9H2,1-2H3. The molecule has 140 valence electrons. The minimum atomic E-state index is -3.60. The molecule has 0 unspecified atom stereocenters. The van der Waals surface area contributed by atoms with Crippen LogP contribution in [-0.2, 0) is 10.0 Å². The minimum Gasteiger partial charge on any atom is -0.490 e. The van der Waals surface area contributed by atoms with Crippen molar-refractivity contribution in [2.45, 2.75) is 37.7 Å². The van der Waals surface area contributed by atoms with E-state index in [1.54, 1.807) is 38.1 Å². The Kier molecular flexibility index (Phi) is 5.41. The number of piperidine rings is 1. The first kappa shape index (κ1) is 18.9. The lowest BCUT2D eigenvalue weighted by Gasteiger charge is -2.31. The van der Waals surface area contributed by atoms with Crippen LogP contribution in [0.15, 0.2) is 44.4 Å². The summed E-state index contributed by atoms with van der Waals surface area (Å²) < 4.78 is 38.0. The zero-order valence-electron chi connectivity index (χ0n) is 14.6. The van der Waals surface area contributed by atoms with Crippen LogP contribution in [0.5, 0.6) is 5.75 Å². The molecule has 3 rings (SSSR count). The lowest BCUT2D eigenvalue weighted by atomic mass is 10.1. The van der Waals surface area contributed by atoms with Gasteiger partial charge in [-0.05, 0) is 44.4 Å². The fourth-order valence-corrected chi connectivity index (χ4v) is 4.98. The van der Waals surface area contributed by atoms with Gasteiger partial charge in [0.1, 0.15) is 17.6 Å². The third-order valence-corrected chi connectivity index (χ3v) is 6.86. The average molecular weight is 398 g/mol. The molecule has 0 bridgehead atoms. The molecule has 0 amide bonds. The van der Waals surface area contributed by atoms with E-state index in [2.05, 4.69) is 0 Å². The first-order valence-corrected chi connectivity index (χ1v) is 10.1. The molecule has 0 atom stereocenters. The molecule has 1 aromatic carbocycles. The van der Waals surface area contributed by atoms with Gasteiger partial charge in [0.2, 0.25) is 10.0 Å². The molecule has 1 aromatic heterocycles. The number of aryl methyl sites for hydroxylation is 1. The predicted octanol–water partition coefficient (Wildman–Crippen LogP) is 3.14. The number of nitrogens with zero attached hydrogens (tertiary/aromatic N) is 1. The topological polar surface area (TPSA) is 76.8 Å². The number of sulfonamides is 1. The molecule has 1 fully saturated rings. The van der Waals surface area contributed by atoms with E-state index in [4.69, 9.17) is 20.8 Å². The first-order chi connectivity index (χ1) is 12.3. The summed E-state index contributed by atoms with van der Waals surface area (Å²) in [5.74, 6) is 0.926. The molecule has 1 aliphatic rings. The molecule has 0 radical (unpaired) electrons. The maximum Gasteiger partial charge on any atom is 0.339 e. The molecule has 1 saturated heterocycles. The number of halogens is 1. The zero-order valence-corrected chi connectivity index (χ0v) is 16.1. The fourth-order valence-electron chi connectivity index (χ4n) is 3.03. The molecule has 6 nitrogen and oxygen atoms in total. The van der Waals surface area contributed by atoms with Crippen molar-refractivity contribution < 1.29 is 17.6 Å². The van der Waals surface area contributed by atoms with E-state index in [0.29, 0.717) is 48.0 Å². The summed E-state index contributed by atoms with van der Waals surface area (Å²) in [4.78, 5) is 11.6. The van der Waals surface area contributed by atoms with Crippen LogP contribution in [0, 0.1) is 13.8 Å². The third kappa shape index (κ3) is 3.95. The first-order valence-electron chi connectivity index (χ1n) is 8.31. The zero-order chi connectivity index (χ0) is 18.9. The fraction of sp³-hybridized carbons (Fsp3) is 0.389. The Morgan fingerprint density at radius 2 is 1.88 bits per heavy atom. The molecular weight excluding hydrogens is 378 g/mol. The summed E-state index contributed by atoms with van der Waals surface area (Å²) in [7, 11) is -3.60. The molecule has 2 aromatic rings. The Bertz CT molecular complexity index is 962. The normalized spacial score (nSPS) is 16.6. The molecule has 0 N–H and O–H groups in total. The van der Waals surface area contributed by atoms with Gasteiger partial charge in [-0.25, -0.2) is 13.2 Å². The second-order valence-electron chi connectivity index (χ2n) is 6.31. The van der Waals surface area contributed by atoms with Gasteiger partial charge in [0, 0.05) is 24.2 Å². The van der Waals surface area contributed by atoms with Crippen molar-refractivity contribution in [2.75, 3.05) is 13.1 Å². The van der Waals surface area contributed by atoms with Crippen LogP contribution in [0.2, 0.25) is 5.02 Å². The second kappa shape index (κ2) is 7.42. The number of hydrogen-bond acceptors (Lipinski definition) is 5. The van der Waals surface area contributed by atoms with Crippen molar-refractivity contribution in [3.63, 3.8) is 0 Å². The number of rotatable bonds is 4. The van der Waals surface area contributed by atoms with E-state index in [1.165, 1.54) is 10.4 Å². The second-order valence-corrected chi connectivity index (χ2v) is 8.62. The van der Waals surface area contributed by atoms with Gasteiger partial charge in [-0.2, -0.15) is 4.31 Å². The molecule has 2 heterocycles. The summed E-state index contributed by atoms with van der Waals surface area (Å²) in [6.07, 6.45) is 0.930. The number of ether oxygens (including phenoxy) is 1. The highest BCUT2D eigenvalue weighted by molar-refractivity contribution is 7.89. The maximum absolute atomic E-state index is 12.9. The highest BCUT2D eigenvalue weighted by atomic mass is 35.5. The van der Waals surface area contributed by atoms with Crippen LogP contribution in [0.4, 0.5) is 0 Å². The van der Waals surface area contributed by atoms with Crippen LogP contribution in [0.25, 0.3) is 0 Å². The van der Waals surface area contributed by atoms with Gasteiger partial charge in [0.05, 0.1) is 11.0 Å². The van der Waals surface area contributed by atoms with Gasteiger partial charge in [0.15, 0.2) is 0 Å². The Morgan fingerprint density at radius 1 is 1.19 bits per heavy atom. The molecule has 0 saturated carbocycles. The van der Waals surface area contributed by atoms with Crippen molar-refractivity contribution in [1.82, 2.24) is 4.31 Å². The van der Waals surface area contributed by atoms with Crippen molar-refractivity contribution in [3.8, 4) is 5.75 Å². The summed E-state index contributed by atoms with van der Waals surface area (Å²) in [6, 6.07) is 7.84. The number of hydrogen-bond donors (Lipinski definition) is 0. The van der Waals surface area contributed by atoms with E-state index in [-0.39, 0.29) is 11.0 Å². The van der Waals surface area contributed by atoms with Crippen molar-refractivity contribution in [2.24, 2.45) is 0 Å². The lowest BCUT2D eigenvalue weighted by molar-refractivity contribution is 0.134. The molecular formula is C18H20ClNO5S. The Hall–Kier alpha value is -1.83. The van der Waals surface area contributed by atoms with Gasteiger partial charge >= 0.3 is 5.63 Å². The molecule has 1 aliphatic heterocycles. The largest absolute Gasteiger partial charge is 0.490 e. The third-order valence-electron chi connectivity index (χ3n) is 4.41. The van der Waals surface area contributed by atoms with Gasteiger partial charge in [-0.15, -0.1) is 0 Å². The quantitative estimate of drug-likeness (QED) is 0.792. The van der Waals surface area contributed by atoms with E-state index < -0.39 is 15.6 Å². The monoisotopic (exact) mass is 397 g/mol. The predicted molar refractivity (Wildman–Crippen MR) is 98.3 cm³/mol. The summed E-state index contributed by atoms with van der Waals surface area (Å²) in [5.41, 5.74) is 0.0930. The van der Waals surface area contributed by atoms with E-state index in [9.17, 15) is 13.2 Å². The summed E-state index contributed by atoms with van der Waals surface area (Å²) in [6.45, 7) is 4.07. The van der Waals surface area contributed by atoms with E-state index >= 15 is 0 Å². The number of benzene rings is 1. The lowest BCUT2D eigenvalue weighted by Crippen LogP contribution is -2.42. The summed E-state index contributed by atoms with van der Waals surface area (Å²) >= 11 is 6.06. The Balaban J connectivity index is 1.70. The molecule has 0 spiro atoms. The van der Waals surface area contributed by atoms with E-state index in [1.807, 2.05) is 0 Å². The molecule has 8 heteroatoms. The van der Waals surface area contributed by atoms with Crippen LogP contribution in [0.1, 0.15) is 24.2 Å². The van der Waals surface area contributed by atoms with Gasteiger partial charge in [-0.3, -0.25) is 0 Å². The van der Waals surface area contributed by atoms with Crippen LogP contribution < -0.4 is 10.4 Å².